The number of rotatable bonds is 6. The molecule has 2 aliphatic rings. The number of alkyl halides is 6. The minimum absolute atomic E-state index is 0.0240. The molecule has 0 bridgehead atoms. The Balaban J connectivity index is 1.27. The summed E-state index contributed by atoms with van der Waals surface area (Å²) in [4.78, 5) is 25.2. The quantitative estimate of drug-likeness (QED) is 0.276. The fourth-order valence-electron chi connectivity index (χ4n) is 5.30. The zero-order valence-electron chi connectivity index (χ0n) is 25.4. The number of hydrogen-bond donors (Lipinski definition) is 2. The highest BCUT2D eigenvalue weighted by atomic mass is 19.4. The number of anilines is 1. The number of pyridine rings is 1. The lowest BCUT2D eigenvalue weighted by Gasteiger charge is -2.22. The molecule has 0 radical (unpaired) electrons. The molecule has 1 saturated heterocycles. The zero-order chi connectivity index (χ0) is 33.2. The number of carbonyl (C=O) groups excluding carboxylic acids is 1. The maximum absolute atomic E-state index is 14.0. The number of aryl methyl sites for hydroxylation is 1. The predicted molar refractivity (Wildman–Crippen MR) is 163 cm³/mol. The molecule has 3 aromatic rings. The third-order valence-electron chi connectivity index (χ3n) is 8.03. The van der Waals surface area contributed by atoms with Crippen molar-refractivity contribution in [3.63, 3.8) is 0 Å². The van der Waals surface area contributed by atoms with E-state index in [4.69, 9.17) is 0 Å². The molecule has 2 atom stereocenters. The van der Waals surface area contributed by atoms with E-state index in [1.54, 1.807) is 31.2 Å². The summed E-state index contributed by atoms with van der Waals surface area (Å²) < 4.78 is 80.9. The minimum Gasteiger partial charge on any atom is -0.356 e. The van der Waals surface area contributed by atoms with Crippen molar-refractivity contribution in [3.05, 3.63) is 93.8 Å². The van der Waals surface area contributed by atoms with Crippen LogP contribution in [0.5, 0.6) is 0 Å². The Kier molecular flexibility index (Phi) is 9.42. The second-order valence-electron chi connectivity index (χ2n) is 11.6. The Bertz CT molecular complexity index is 1690. The molecule has 2 unspecified atom stereocenters. The molecule has 0 saturated carbocycles. The van der Waals surface area contributed by atoms with Gasteiger partial charge in [0.25, 0.3) is 5.91 Å². The van der Waals surface area contributed by atoms with Crippen molar-refractivity contribution >= 4 is 17.4 Å². The Morgan fingerprint density at radius 2 is 1.85 bits per heavy atom. The minimum atomic E-state index is -4.59. The molecule has 0 spiro atoms. The van der Waals surface area contributed by atoms with Gasteiger partial charge in [0.15, 0.2) is 0 Å². The van der Waals surface area contributed by atoms with Crippen LogP contribution in [0.1, 0.15) is 50.3 Å². The second-order valence-corrected chi connectivity index (χ2v) is 11.6. The number of halogens is 6. The van der Waals surface area contributed by atoms with Crippen molar-refractivity contribution < 1.29 is 31.1 Å². The molecule has 1 amide bonds. The first-order chi connectivity index (χ1) is 21.7. The Morgan fingerprint density at radius 1 is 1.07 bits per heavy atom. The van der Waals surface area contributed by atoms with Gasteiger partial charge < -0.3 is 15.5 Å². The van der Waals surface area contributed by atoms with E-state index in [0.29, 0.717) is 30.3 Å². The molecular weight excluding hydrogens is 610 g/mol. The average Bonchev–Trinajstić information content (AvgIpc) is 3.68. The molecule has 2 N–H and O–H groups in total. The first-order valence-electron chi connectivity index (χ1n) is 14.5. The zero-order valence-corrected chi connectivity index (χ0v) is 25.4. The Hall–Kier alpha value is -4.41. The van der Waals surface area contributed by atoms with Gasteiger partial charge in [-0.3, -0.25) is 19.7 Å². The number of nitrogens with one attached hydrogen (secondary N) is 2. The van der Waals surface area contributed by atoms with E-state index < -0.39 is 36.4 Å². The van der Waals surface area contributed by atoms with Crippen LogP contribution in [0.2, 0.25) is 0 Å². The maximum Gasteiger partial charge on any atom is 0.416 e. The van der Waals surface area contributed by atoms with Crippen molar-refractivity contribution in [2.45, 2.75) is 44.3 Å². The maximum atomic E-state index is 14.0. The van der Waals surface area contributed by atoms with E-state index in [9.17, 15) is 31.1 Å². The van der Waals surface area contributed by atoms with Gasteiger partial charge in [0, 0.05) is 54.3 Å². The summed E-state index contributed by atoms with van der Waals surface area (Å²) in [6.45, 7) is 2.93. The van der Waals surface area contributed by atoms with Crippen LogP contribution in [0.25, 0.3) is 0 Å². The first kappa shape index (κ1) is 33.0. The summed E-state index contributed by atoms with van der Waals surface area (Å²) in [5.41, 5.74) is 1.60. The molecule has 2 aromatic carbocycles. The molecule has 2 aliphatic heterocycles. The summed E-state index contributed by atoms with van der Waals surface area (Å²) in [5, 5.41) is 4.90. The molecule has 242 valence electrons. The normalized spacial score (nSPS) is 18.6. The van der Waals surface area contributed by atoms with Gasteiger partial charge in [0.1, 0.15) is 17.6 Å². The van der Waals surface area contributed by atoms with Gasteiger partial charge in [0.2, 0.25) is 0 Å². The molecule has 0 aliphatic carbocycles. The van der Waals surface area contributed by atoms with Gasteiger partial charge in [-0.15, -0.1) is 0 Å². The van der Waals surface area contributed by atoms with Gasteiger partial charge in [0.05, 0.1) is 12.1 Å². The van der Waals surface area contributed by atoms with Crippen LogP contribution in [-0.4, -0.2) is 78.5 Å². The van der Waals surface area contributed by atoms with Crippen molar-refractivity contribution in [2.24, 2.45) is 4.99 Å². The highest BCUT2D eigenvalue weighted by Crippen LogP contribution is 2.35. The molecular formula is C33H32F6N6O. The summed E-state index contributed by atoms with van der Waals surface area (Å²) in [6.07, 6.45) is -6.72. The smallest absolute Gasteiger partial charge is 0.356 e. The molecule has 3 heterocycles. The predicted octanol–water partition coefficient (Wildman–Crippen LogP) is 5.48. The van der Waals surface area contributed by atoms with E-state index in [1.807, 2.05) is 19.0 Å². The average molecular weight is 643 g/mol. The van der Waals surface area contributed by atoms with Crippen LogP contribution in [0.4, 0.5) is 32.0 Å². The first-order valence-corrected chi connectivity index (χ1v) is 14.5. The monoisotopic (exact) mass is 642 g/mol. The summed E-state index contributed by atoms with van der Waals surface area (Å²) in [7, 11) is 3.92. The van der Waals surface area contributed by atoms with Crippen LogP contribution in [0.15, 0.2) is 59.7 Å². The lowest BCUT2D eigenvalue weighted by atomic mass is 10.0. The summed E-state index contributed by atoms with van der Waals surface area (Å²) in [5.74, 6) is 5.35. The van der Waals surface area contributed by atoms with Gasteiger partial charge >= 0.3 is 12.4 Å². The van der Waals surface area contributed by atoms with Crippen molar-refractivity contribution in [1.82, 2.24) is 20.1 Å². The van der Waals surface area contributed by atoms with Crippen LogP contribution in [0.3, 0.4) is 0 Å². The van der Waals surface area contributed by atoms with E-state index >= 15 is 0 Å². The number of aliphatic imine (C=N–C) groups is 1. The van der Waals surface area contributed by atoms with Gasteiger partial charge in [-0.05, 0) is 75.0 Å². The number of likely N-dealkylation sites (N-methyl/N-ethyl adjacent to an activating group) is 1. The third kappa shape index (κ3) is 7.86. The van der Waals surface area contributed by atoms with Gasteiger partial charge in [-0.25, -0.2) is 0 Å². The number of carbonyl (C=O) groups is 1. The molecule has 5 rings (SSSR count). The van der Waals surface area contributed by atoms with Crippen LogP contribution in [0, 0.1) is 18.8 Å². The third-order valence-corrected chi connectivity index (χ3v) is 8.03. The standard InChI is InChI=1S/C33H32F6N6O/c1-20-4-7-23(14-22(20)8-5-21-6-11-28(40-16-21)30-41-17-29(43-30)33(37,38)39)31(46)42-25-10-9-24(27(15-25)32(34,35)36)18-45-13-12-26(19-45)44(2)3/h4,6-7,9-11,14-16,26,29H,12-13,17-19H2,1-3H3,(H,41,43)(H,42,46). The summed E-state index contributed by atoms with van der Waals surface area (Å²) in [6, 6.07) is 10.3. The van der Waals surface area contributed by atoms with Crippen molar-refractivity contribution in [2.75, 3.05) is 39.0 Å². The Labute approximate surface area is 262 Å². The molecule has 13 heteroatoms. The molecule has 46 heavy (non-hydrogen) atoms. The number of nitrogens with zero attached hydrogens (tertiary/aromatic N) is 4. The van der Waals surface area contributed by atoms with Crippen molar-refractivity contribution in [1.29, 1.82) is 0 Å². The molecule has 1 fully saturated rings. The van der Waals surface area contributed by atoms with Crippen LogP contribution >= 0.6 is 0 Å². The topological polar surface area (TPSA) is 72.9 Å². The van der Waals surface area contributed by atoms with Crippen molar-refractivity contribution in [3.8, 4) is 11.8 Å². The Morgan fingerprint density at radius 3 is 2.48 bits per heavy atom. The fourth-order valence-corrected chi connectivity index (χ4v) is 5.30. The SMILES string of the molecule is Cc1ccc(C(=O)Nc2ccc(CN3CCC(N(C)C)C3)c(C(F)(F)F)c2)cc1C#Cc1ccc(C2=NCC(C(F)(F)F)N2)nc1. The number of hydrogen-bond acceptors (Lipinski definition) is 6. The van der Waals surface area contributed by atoms with Gasteiger partial charge in [-0.1, -0.05) is 24.0 Å². The number of aromatic nitrogens is 1. The highest BCUT2D eigenvalue weighted by Gasteiger charge is 2.42. The van der Waals surface area contributed by atoms with E-state index in [-0.39, 0.29) is 34.9 Å². The fraction of sp³-hybridized carbons (Fsp3) is 0.364. The second kappa shape index (κ2) is 13.1. The number of amidine groups is 1. The summed E-state index contributed by atoms with van der Waals surface area (Å²) >= 11 is 0. The molecule has 7 nitrogen and oxygen atoms in total. The highest BCUT2D eigenvalue weighted by molar-refractivity contribution is 6.04. The van der Waals surface area contributed by atoms with Crippen LogP contribution < -0.4 is 10.6 Å². The van der Waals surface area contributed by atoms with E-state index in [1.165, 1.54) is 24.4 Å². The lowest BCUT2D eigenvalue weighted by molar-refractivity contribution is -0.147. The largest absolute Gasteiger partial charge is 0.416 e. The number of benzene rings is 2. The van der Waals surface area contributed by atoms with Gasteiger partial charge in [-0.2, -0.15) is 26.3 Å². The number of amides is 1. The lowest BCUT2D eigenvalue weighted by Crippen LogP contribution is -2.42. The van der Waals surface area contributed by atoms with E-state index in [0.717, 1.165) is 18.1 Å². The molecule has 1 aromatic heterocycles. The number of likely N-dealkylation sites (tertiary alicyclic amines) is 1. The van der Waals surface area contributed by atoms with Crippen LogP contribution in [-0.2, 0) is 12.7 Å². The van der Waals surface area contributed by atoms with E-state index in [2.05, 4.69) is 37.4 Å².